The second-order valence-electron chi connectivity index (χ2n) is 6.37. The highest BCUT2D eigenvalue weighted by molar-refractivity contribution is 6.22. The van der Waals surface area contributed by atoms with Gasteiger partial charge in [-0.15, -0.1) is 0 Å². The minimum Gasteiger partial charge on any atom is -0.481 e. The number of benzene rings is 1. The highest BCUT2D eigenvalue weighted by atomic mass is 16.5. The molecule has 1 fully saturated rings. The Morgan fingerprint density at radius 3 is 2.69 bits per heavy atom. The first kappa shape index (κ1) is 18.1. The van der Waals surface area contributed by atoms with Crippen LogP contribution in [0.25, 0.3) is 0 Å². The monoisotopic (exact) mass is 360 g/mol. The van der Waals surface area contributed by atoms with Crippen molar-refractivity contribution in [2.75, 3.05) is 19.7 Å². The van der Waals surface area contributed by atoms with Crippen LogP contribution in [-0.2, 0) is 9.53 Å². The van der Waals surface area contributed by atoms with Crippen LogP contribution >= 0.6 is 0 Å². The quantitative estimate of drug-likeness (QED) is 0.555. The van der Waals surface area contributed by atoms with Gasteiger partial charge in [0.25, 0.3) is 17.7 Å². The zero-order valence-corrected chi connectivity index (χ0v) is 14.2. The number of hydrogen-bond donors (Lipinski definition) is 2. The van der Waals surface area contributed by atoms with Crippen LogP contribution in [0.3, 0.4) is 0 Å². The number of carboxylic acid groups (broad SMARTS) is 1. The molecule has 3 amide bonds. The van der Waals surface area contributed by atoms with Gasteiger partial charge >= 0.3 is 5.97 Å². The van der Waals surface area contributed by atoms with E-state index in [0.717, 1.165) is 12.8 Å². The number of nitrogens with one attached hydrogen (secondary N) is 1. The molecule has 0 radical (unpaired) electrons. The lowest BCUT2D eigenvalue weighted by Gasteiger charge is -2.17. The molecule has 1 aromatic rings. The molecule has 1 unspecified atom stereocenters. The molecule has 8 heteroatoms. The summed E-state index contributed by atoms with van der Waals surface area (Å²) in [5, 5.41) is 11.2. The summed E-state index contributed by atoms with van der Waals surface area (Å²) in [6.07, 6.45) is 1.89. The summed E-state index contributed by atoms with van der Waals surface area (Å²) < 4.78 is 5.49. The first-order valence-corrected chi connectivity index (χ1v) is 8.59. The van der Waals surface area contributed by atoms with E-state index in [9.17, 15) is 19.2 Å². The molecule has 138 valence electrons. The largest absolute Gasteiger partial charge is 0.481 e. The van der Waals surface area contributed by atoms with Crippen LogP contribution in [0.1, 0.15) is 56.8 Å². The number of imide groups is 1. The summed E-state index contributed by atoms with van der Waals surface area (Å²) in [5.41, 5.74) is 0.765. The third kappa shape index (κ3) is 3.75. The van der Waals surface area contributed by atoms with Crippen LogP contribution in [0, 0.1) is 0 Å². The first-order chi connectivity index (χ1) is 12.5. The summed E-state index contributed by atoms with van der Waals surface area (Å²) in [5.74, 6) is -2.11. The fourth-order valence-electron chi connectivity index (χ4n) is 3.13. The van der Waals surface area contributed by atoms with Gasteiger partial charge < -0.3 is 15.2 Å². The molecule has 26 heavy (non-hydrogen) atoms. The minimum atomic E-state index is -0.924. The molecule has 2 heterocycles. The van der Waals surface area contributed by atoms with Gasteiger partial charge in [0.15, 0.2) is 0 Å². The van der Waals surface area contributed by atoms with Gasteiger partial charge in [0.05, 0.1) is 23.8 Å². The predicted molar refractivity (Wildman–Crippen MR) is 90.0 cm³/mol. The number of hydrogen-bond acceptors (Lipinski definition) is 5. The normalized spacial score (nSPS) is 18.9. The van der Waals surface area contributed by atoms with Crippen molar-refractivity contribution >= 4 is 23.7 Å². The molecule has 1 saturated heterocycles. The van der Waals surface area contributed by atoms with Crippen molar-refractivity contribution in [2.24, 2.45) is 0 Å². The van der Waals surface area contributed by atoms with Crippen molar-refractivity contribution in [1.29, 1.82) is 0 Å². The van der Waals surface area contributed by atoms with E-state index in [1.165, 1.54) is 23.1 Å². The minimum absolute atomic E-state index is 0.0321. The van der Waals surface area contributed by atoms with E-state index in [2.05, 4.69) is 5.32 Å². The fraction of sp³-hybridized carbons (Fsp3) is 0.444. The Morgan fingerprint density at radius 1 is 1.23 bits per heavy atom. The number of carbonyl (C=O) groups excluding carboxylic acids is 3. The van der Waals surface area contributed by atoms with Crippen molar-refractivity contribution in [1.82, 2.24) is 10.2 Å². The van der Waals surface area contributed by atoms with Crippen LogP contribution in [-0.4, -0.2) is 59.5 Å². The van der Waals surface area contributed by atoms with Crippen molar-refractivity contribution in [3.8, 4) is 0 Å². The van der Waals surface area contributed by atoms with Crippen molar-refractivity contribution < 1.29 is 29.0 Å². The third-order valence-corrected chi connectivity index (χ3v) is 4.50. The molecule has 2 aliphatic rings. The second-order valence-corrected chi connectivity index (χ2v) is 6.37. The summed E-state index contributed by atoms with van der Waals surface area (Å²) in [6, 6.07) is 4.39. The van der Waals surface area contributed by atoms with E-state index in [1.54, 1.807) is 0 Å². The zero-order chi connectivity index (χ0) is 18.7. The van der Waals surface area contributed by atoms with Crippen LogP contribution in [0.5, 0.6) is 0 Å². The molecule has 2 N–H and O–H groups in total. The van der Waals surface area contributed by atoms with Crippen LogP contribution < -0.4 is 5.32 Å². The van der Waals surface area contributed by atoms with E-state index >= 15 is 0 Å². The number of aliphatic carboxylic acids is 1. The fourth-order valence-corrected chi connectivity index (χ4v) is 3.13. The average Bonchev–Trinajstić information content (AvgIpc) is 3.21. The van der Waals surface area contributed by atoms with E-state index in [1.807, 2.05) is 0 Å². The number of carboxylic acids is 1. The molecule has 2 aliphatic heterocycles. The van der Waals surface area contributed by atoms with Gasteiger partial charge in [0.1, 0.15) is 0 Å². The number of ether oxygens (including phenoxy) is 1. The molecule has 1 aromatic carbocycles. The lowest BCUT2D eigenvalue weighted by Crippen LogP contribution is -2.36. The first-order valence-electron chi connectivity index (χ1n) is 8.59. The highest BCUT2D eigenvalue weighted by Gasteiger charge is 2.37. The van der Waals surface area contributed by atoms with Gasteiger partial charge in [-0.2, -0.15) is 0 Å². The van der Waals surface area contributed by atoms with Gasteiger partial charge in [0.2, 0.25) is 0 Å². The number of amides is 3. The zero-order valence-electron chi connectivity index (χ0n) is 14.2. The Morgan fingerprint density at radius 2 is 2.00 bits per heavy atom. The third-order valence-electron chi connectivity index (χ3n) is 4.50. The predicted octanol–water partition coefficient (Wildman–Crippen LogP) is 1.06. The SMILES string of the molecule is O=C(O)CCCNC(=O)c1ccc2c(c1)C(=O)N(CC1CCCO1)C2=O. The summed E-state index contributed by atoms with van der Waals surface area (Å²) in [7, 11) is 0. The molecule has 8 nitrogen and oxygen atoms in total. The molecule has 0 saturated carbocycles. The van der Waals surface area contributed by atoms with Gasteiger partial charge in [0, 0.05) is 25.1 Å². The van der Waals surface area contributed by atoms with Crippen LogP contribution in [0.15, 0.2) is 18.2 Å². The highest BCUT2D eigenvalue weighted by Crippen LogP contribution is 2.26. The van der Waals surface area contributed by atoms with Gasteiger partial charge in [-0.25, -0.2) is 0 Å². The Kier molecular flexibility index (Phi) is 5.32. The van der Waals surface area contributed by atoms with Crippen molar-refractivity contribution in [3.63, 3.8) is 0 Å². The molecule has 3 rings (SSSR count). The maximum Gasteiger partial charge on any atom is 0.303 e. The lowest BCUT2D eigenvalue weighted by atomic mass is 10.1. The van der Waals surface area contributed by atoms with E-state index in [-0.39, 0.29) is 48.2 Å². The smallest absolute Gasteiger partial charge is 0.303 e. The summed E-state index contributed by atoms with van der Waals surface area (Å²) >= 11 is 0. The van der Waals surface area contributed by atoms with Crippen molar-refractivity contribution in [3.05, 3.63) is 34.9 Å². The number of carbonyl (C=O) groups is 4. The number of nitrogens with zero attached hydrogens (tertiary/aromatic N) is 1. The standard InChI is InChI=1S/C18H20N2O6/c21-15(22)4-1-7-19-16(23)11-5-6-13-14(9-11)18(25)20(17(13)24)10-12-3-2-8-26-12/h5-6,9,12H,1-4,7-8,10H2,(H,19,23)(H,21,22). The summed E-state index contributed by atoms with van der Waals surface area (Å²) in [6.45, 7) is 1.09. The molecular formula is C18H20N2O6. The molecule has 0 bridgehead atoms. The van der Waals surface area contributed by atoms with E-state index in [4.69, 9.17) is 9.84 Å². The summed E-state index contributed by atoms with van der Waals surface area (Å²) in [4.78, 5) is 48.8. The molecular weight excluding hydrogens is 340 g/mol. The molecule has 0 aliphatic carbocycles. The Labute approximate surface area is 150 Å². The number of fused-ring (bicyclic) bond motifs is 1. The van der Waals surface area contributed by atoms with E-state index < -0.39 is 17.8 Å². The Balaban J connectivity index is 1.66. The Hall–Kier alpha value is -2.74. The van der Waals surface area contributed by atoms with Gasteiger partial charge in [-0.1, -0.05) is 0 Å². The second kappa shape index (κ2) is 7.65. The average molecular weight is 360 g/mol. The van der Waals surface area contributed by atoms with Crippen LogP contribution in [0.4, 0.5) is 0 Å². The number of rotatable bonds is 7. The van der Waals surface area contributed by atoms with Crippen LogP contribution in [0.2, 0.25) is 0 Å². The van der Waals surface area contributed by atoms with Crippen molar-refractivity contribution in [2.45, 2.75) is 31.8 Å². The lowest BCUT2D eigenvalue weighted by molar-refractivity contribution is -0.137. The molecule has 0 spiro atoms. The molecule has 1 atom stereocenters. The maximum atomic E-state index is 12.6. The van der Waals surface area contributed by atoms with Gasteiger partial charge in [-0.05, 0) is 37.5 Å². The maximum absolute atomic E-state index is 12.6. The Bertz CT molecular complexity index is 754. The topological polar surface area (TPSA) is 113 Å². The van der Waals surface area contributed by atoms with E-state index in [0.29, 0.717) is 13.0 Å². The molecule has 0 aromatic heterocycles. The van der Waals surface area contributed by atoms with Gasteiger partial charge in [-0.3, -0.25) is 24.1 Å².